The van der Waals surface area contributed by atoms with Crippen LogP contribution in [0.15, 0.2) is 17.3 Å². The maximum atomic E-state index is 12.0. The highest BCUT2D eigenvalue weighted by Gasteiger charge is 2.14. The normalized spacial score (nSPS) is 11.5. The van der Waals surface area contributed by atoms with Gasteiger partial charge in [0.05, 0.1) is 12.4 Å². The molecule has 0 aliphatic rings. The highest BCUT2D eigenvalue weighted by Crippen LogP contribution is 2.07. The topological polar surface area (TPSA) is 93.2 Å². The zero-order valence-electron chi connectivity index (χ0n) is 12.6. The Hall–Kier alpha value is -1.25. The van der Waals surface area contributed by atoms with Gasteiger partial charge in [-0.1, -0.05) is 6.92 Å². The first-order valence-corrected chi connectivity index (χ1v) is 8.63. The van der Waals surface area contributed by atoms with Crippen molar-refractivity contribution < 1.29 is 13.2 Å². The number of hydrogen-bond acceptors (Lipinski definition) is 6. The van der Waals surface area contributed by atoms with Crippen LogP contribution in [0.4, 0.5) is 5.95 Å². The van der Waals surface area contributed by atoms with E-state index in [1.165, 1.54) is 12.4 Å². The zero-order chi connectivity index (χ0) is 15.6. The van der Waals surface area contributed by atoms with Crippen LogP contribution in [-0.2, 0) is 14.8 Å². The zero-order valence-corrected chi connectivity index (χ0v) is 13.4. The van der Waals surface area contributed by atoms with Crippen LogP contribution in [0, 0.1) is 0 Å². The van der Waals surface area contributed by atoms with Crippen LogP contribution in [0.3, 0.4) is 0 Å². The molecule has 2 N–H and O–H groups in total. The smallest absolute Gasteiger partial charge is 0.243 e. The van der Waals surface area contributed by atoms with Crippen LogP contribution in [0.1, 0.15) is 32.6 Å². The Labute approximate surface area is 126 Å². The summed E-state index contributed by atoms with van der Waals surface area (Å²) in [5.74, 6) is 0.440. The molecule has 0 radical (unpaired) electrons. The van der Waals surface area contributed by atoms with Gasteiger partial charge in [0.25, 0.3) is 0 Å². The number of aromatic nitrogens is 2. The van der Waals surface area contributed by atoms with E-state index in [0.717, 1.165) is 32.2 Å². The SMILES string of the molecule is CCCNc1ncc(S(=O)(=O)NCCCCCOC)cn1. The molecule has 1 aromatic rings. The van der Waals surface area contributed by atoms with Crippen LogP contribution in [-0.4, -0.2) is 45.2 Å². The van der Waals surface area contributed by atoms with E-state index in [1.54, 1.807) is 7.11 Å². The number of hydrogen-bond donors (Lipinski definition) is 2. The second-order valence-electron chi connectivity index (χ2n) is 4.62. The van der Waals surface area contributed by atoms with Gasteiger partial charge in [0.1, 0.15) is 4.90 Å². The van der Waals surface area contributed by atoms with E-state index >= 15 is 0 Å². The highest BCUT2D eigenvalue weighted by molar-refractivity contribution is 7.89. The number of ether oxygens (including phenoxy) is 1. The Kier molecular flexibility index (Phi) is 8.17. The molecule has 1 heterocycles. The number of rotatable bonds is 11. The lowest BCUT2D eigenvalue weighted by molar-refractivity contribution is 0.192. The fourth-order valence-electron chi connectivity index (χ4n) is 1.62. The van der Waals surface area contributed by atoms with Gasteiger partial charge in [-0.15, -0.1) is 0 Å². The molecule has 1 aromatic heterocycles. The summed E-state index contributed by atoms with van der Waals surface area (Å²) in [5, 5.41) is 3.00. The third-order valence-electron chi connectivity index (χ3n) is 2.79. The standard InChI is InChI=1S/C13H24N4O3S/c1-3-7-14-13-15-10-12(11-16-13)21(18,19)17-8-5-4-6-9-20-2/h10-11,17H,3-9H2,1-2H3,(H,14,15,16). The van der Waals surface area contributed by atoms with Crippen molar-refractivity contribution in [1.82, 2.24) is 14.7 Å². The third kappa shape index (κ3) is 6.83. The largest absolute Gasteiger partial charge is 0.385 e. The van der Waals surface area contributed by atoms with Crippen LogP contribution >= 0.6 is 0 Å². The van der Waals surface area contributed by atoms with Crippen molar-refractivity contribution in [3.8, 4) is 0 Å². The number of nitrogens with zero attached hydrogens (tertiary/aromatic N) is 2. The van der Waals surface area contributed by atoms with Gasteiger partial charge in [-0.3, -0.25) is 0 Å². The van der Waals surface area contributed by atoms with E-state index in [-0.39, 0.29) is 4.90 Å². The van der Waals surface area contributed by atoms with E-state index in [1.807, 2.05) is 6.92 Å². The number of anilines is 1. The minimum Gasteiger partial charge on any atom is -0.385 e. The molecule has 7 nitrogen and oxygen atoms in total. The molecule has 120 valence electrons. The van der Waals surface area contributed by atoms with E-state index in [2.05, 4.69) is 20.0 Å². The molecule has 8 heteroatoms. The summed E-state index contributed by atoms with van der Waals surface area (Å²) in [7, 11) is -1.87. The minimum absolute atomic E-state index is 0.0847. The van der Waals surface area contributed by atoms with Crippen molar-refractivity contribution in [3.05, 3.63) is 12.4 Å². The Balaban J connectivity index is 2.42. The van der Waals surface area contributed by atoms with Gasteiger partial charge < -0.3 is 10.1 Å². The third-order valence-corrected chi connectivity index (χ3v) is 4.20. The lowest BCUT2D eigenvalue weighted by atomic mass is 10.2. The second-order valence-corrected chi connectivity index (χ2v) is 6.39. The monoisotopic (exact) mass is 316 g/mol. The highest BCUT2D eigenvalue weighted by atomic mass is 32.2. The summed E-state index contributed by atoms with van der Waals surface area (Å²) >= 11 is 0. The summed E-state index contributed by atoms with van der Waals surface area (Å²) in [6, 6.07) is 0. The van der Waals surface area contributed by atoms with Crippen molar-refractivity contribution >= 4 is 16.0 Å². The van der Waals surface area contributed by atoms with Crippen molar-refractivity contribution in [2.75, 3.05) is 32.1 Å². The number of methoxy groups -OCH3 is 1. The molecule has 0 aliphatic heterocycles. The summed E-state index contributed by atoms with van der Waals surface area (Å²) in [5.41, 5.74) is 0. The van der Waals surface area contributed by atoms with Crippen molar-refractivity contribution in [2.24, 2.45) is 0 Å². The predicted molar refractivity (Wildman–Crippen MR) is 81.7 cm³/mol. The Bertz CT molecular complexity index is 491. The lowest BCUT2D eigenvalue weighted by Crippen LogP contribution is -2.25. The van der Waals surface area contributed by atoms with Crippen LogP contribution in [0.5, 0.6) is 0 Å². The van der Waals surface area contributed by atoms with E-state index in [0.29, 0.717) is 19.1 Å². The molecule has 0 saturated heterocycles. The molecule has 0 spiro atoms. The van der Waals surface area contributed by atoms with E-state index < -0.39 is 10.0 Å². The molecular formula is C13H24N4O3S. The predicted octanol–water partition coefficient (Wildman–Crippen LogP) is 1.39. The molecule has 0 saturated carbocycles. The molecule has 0 fully saturated rings. The molecule has 0 atom stereocenters. The number of unbranched alkanes of at least 4 members (excludes halogenated alkanes) is 2. The van der Waals surface area contributed by atoms with E-state index in [4.69, 9.17) is 4.74 Å². The Morgan fingerprint density at radius 1 is 1.14 bits per heavy atom. The summed E-state index contributed by atoms with van der Waals surface area (Å²) < 4.78 is 31.5. The Morgan fingerprint density at radius 2 is 1.86 bits per heavy atom. The average Bonchev–Trinajstić information content (AvgIpc) is 2.49. The minimum atomic E-state index is -3.52. The first-order chi connectivity index (χ1) is 10.1. The lowest BCUT2D eigenvalue weighted by Gasteiger charge is -2.07. The maximum Gasteiger partial charge on any atom is 0.243 e. The first-order valence-electron chi connectivity index (χ1n) is 7.14. The summed E-state index contributed by atoms with van der Waals surface area (Å²) in [6.45, 7) is 3.89. The molecule has 0 amide bonds. The van der Waals surface area contributed by atoms with Crippen LogP contribution in [0.25, 0.3) is 0 Å². The van der Waals surface area contributed by atoms with Crippen molar-refractivity contribution in [1.29, 1.82) is 0 Å². The van der Waals surface area contributed by atoms with Gasteiger partial charge in [-0.2, -0.15) is 0 Å². The van der Waals surface area contributed by atoms with Crippen molar-refractivity contribution in [3.63, 3.8) is 0 Å². The van der Waals surface area contributed by atoms with Gasteiger partial charge in [-0.25, -0.2) is 23.1 Å². The molecule has 0 aromatic carbocycles. The molecule has 0 aliphatic carbocycles. The fourth-order valence-corrected chi connectivity index (χ4v) is 2.58. The van der Waals surface area contributed by atoms with Gasteiger partial charge in [0.15, 0.2) is 0 Å². The average molecular weight is 316 g/mol. The van der Waals surface area contributed by atoms with E-state index in [9.17, 15) is 8.42 Å². The quantitative estimate of drug-likeness (QED) is 0.599. The summed E-state index contributed by atoms with van der Waals surface area (Å²) in [6.07, 6.45) is 6.22. The fraction of sp³-hybridized carbons (Fsp3) is 0.692. The molecule has 21 heavy (non-hydrogen) atoms. The number of nitrogens with one attached hydrogen (secondary N) is 2. The summed E-state index contributed by atoms with van der Waals surface area (Å²) in [4.78, 5) is 8.07. The van der Waals surface area contributed by atoms with Gasteiger partial charge in [-0.05, 0) is 25.7 Å². The molecule has 0 bridgehead atoms. The second kappa shape index (κ2) is 9.64. The van der Waals surface area contributed by atoms with Gasteiger partial charge in [0, 0.05) is 26.8 Å². The number of sulfonamides is 1. The molecule has 0 unspecified atom stereocenters. The maximum absolute atomic E-state index is 12.0. The van der Waals surface area contributed by atoms with Crippen LogP contribution < -0.4 is 10.0 Å². The Morgan fingerprint density at radius 3 is 2.48 bits per heavy atom. The first kappa shape index (κ1) is 17.8. The van der Waals surface area contributed by atoms with Crippen molar-refractivity contribution in [2.45, 2.75) is 37.5 Å². The van der Waals surface area contributed by atoms with Gasteiger partial charge >= 0.3 is 0 Å². The molecular weight excluding hydrogens is 292 g/mol. The molecule has 1 rings (SSSR count). The van der Waals surface area contributed by atoms with Crippen LogP contribution in [0.2, 0.25) is 0 Å². The van der Waals surface area contributed by atoms with Gasteiger partial charge in [0.2, 0.25) is 16.0 Å².